The smallest absolute Gasteiger partial charge is 0.351 e. The lowest BCUT2D eigenvalue weighted by atomic mass is 9.89. The van der Waals surface area contributed by atoms with Gasteiger partial charge in [-0.2, -0.15) is 4.98 Å². The minimum Gasteiger partial charge on any atom is -0.383 e. The maximum atomic E-state index is 11.9. The fourth-order valence-electron chi connectivity index (χ4n) is 2.78. The van der Waals surface area contributed by atoms with E-state index in [0.717, 1.165) is 6.42 Å². The Morgan fingerprint density at radius 1 is 1.58 bits per heavy atom. The highest BCUT2D eigenvalue weighted by atomic mass is 16.7. The van der Waals surface area contributed by atoms with Crippen molar-refractivity contribution in [3.63, 3.8) is 0 Å². The van der Waals surface area contributed by atoms with Crippen molar-refractivity contribution in [1.82, 2.24) is 9.55 Å². The van der Waals surface area contributed by atoms with E-state index in [1.165, 1.54) is 4.57 Å². The lowest BCUT2D eigenvalue weighted by Gasteiger charge is -2.30. The zero-order chi connectivity index (χ0) is 14.2. The van der Waals surface area contributed by atoms with Crippen LogP contribution in [-0.4, -0.2) is 22.4 Å². The molecule has 106 valence electrons. The number of aromatic nitrogens is 2. The molecule has 4 atom stereocenters. The number of hydrogen-bond donors (Lipinski definition) is 1. The summed E-state index contributed by atoms with van der Waals surface area (Å²) < 4.78 is 13.1. The number of nitrogens with zero attached hydrogens (tertiary/aromatic N) is 2. The van der Waals surface area contributed by atoms with E-state index in [1.54, 1.807) is 19.4 Å². The van der Waals surface area contributed by atoms with E-state index in [2.05, 4.69) is 18.8 Å². The average Bonchev–Trinajstić information content (AvgIpc) is 2.64. The normalized spacial score (nSPS) is 34.6. The van der Waals surface area contributed by atoms with E-state index in [4.69, 9.17) is 15.2 Å². The first-order valence-corrected chi connectivity index (χ1v) is 6.52. The zero-order valence-corrected chi connectivity index (χ0v) is 11.8. The van der Waals surface area contributed by atoms with E-state index in [-0.39, 0.29) is 23.9 Å². The van der Waals surface area contributed by atoms with Gasteiger partial charge in [0.15, 0.2) is 5.79 Å². The van der Waals surface area contributed by atoms with Gasteiger partial charge in [0, 0.05) is 25.1 Å². The number of nitrogens with two attached hydrogens (primary N) is 1. The summed E-state index contributed by atoms with van der Waals surface area (Å²) >= 11 is 0. The molecule has 1 fully saturated rings. The molecule has 0 radical (unpaired) electrons. The summed E-state index contributed by atoms with van der Waals surface area (Å²) in [6, 6.07) is 1.60. The maximum Gasteiger partial charge on any atom is 0.351 e. The third kappa shape index (κ3) is 2.15. The van der Waals surface area contributed by atoms with Gasteiger partial charge in [-0.05, 0) is 12.5 Å². The Bertz CT molecular complexity index is 510. The average molecular weight is 267 g/mol. The van der Waals surface area contributed by atoms with Gasteiger partial charge in [-0.3, -0.25) is 4.57 Å². The predicted molar refractivity (Wildman–Crippen MR) is 71.4 cm³/mol. The standard InChI is InChI=1S/C13H21N3O3/c1-5-13(18-4)9(3)8(2)11(19-13)16-7-6-10(14)15-12(16)17/h6-9,11H,5H2,1-4H3,(H2,14,15,17)/t8-,9+,11-,13-/m1/s1. The molecular weight excluding hydrogens is 246 g/mol. The number of ether oxygens (including phenoxy) is 2. The third-order valence-electron chi connectivity index (χ3n) is 4.22. The predicted octanol–water partition coefficient (Wildman–Crippen LogP) is 1.38. The van der Waals surface area contributed by atoms with Crippen molar-refractivity contribution in [2.24, 2.45) is 11.8 Å². The minimum absolute atomic E-state index is 0.142. The molecule has 1 saturated heterocycles. The molecule has 0 aliphatic carbocycles. The summed E-state index contributed by atoms with van der Waals surface area (Å²) in [5.74, 6) is -0.112. The zero-order valence-electron chi connectivity index (χ0n) is 11.8. The summed E-state index contributed by atoms with van der Waals surface area (Å²) in [5.41, 5.74) is 5.11. The second kappa shape index (κ2) is 4.94. The van der Waals surface area contributed by atoms with E-state index in [0.29, 0.717) is 0 Å². The minimum atomic E-state index is -0.648. The second-order valence-electron chi connectivity index (χ2n) is 5.07. The van der Waals surface area contributed by atoms with Gasteiger partial charge in [-0.1, -0.05) is 20.8 Å². The fraction of sp³-hybridized carbons (Fsp3) is 0.692. The van der Waals surface area contributed by atoms with Crippen LogP contribution in [0.25, 0.3) is 0 Å². The number of hydrogen-bond acceptors (Lipinski definition) is 5. The van der Waals surface area contributed by atoms with E-state index < -0.39 is 11.5 Å². The van der Waals surface area contributed by atoms with Crippen LogP contribution >= 0.6 is 0 Å². The van der Waals surface area contributed by atoms with Crippen molar-refractivity contribution in [2.75, 3.05) is 12.8 Å². The Labute approximate surface area is 112 Å². The third-order valence-corrected chi connectivity index (χ3v) is 4.22. The molecule has 1 aromatic rings. The Balaban J connectivity index is 2.39. The first kappa shape index (κ1) is 14.0. The quantitative estimate of drug-likeness (QED) is 0.895. The van der Waals surface area contributed by atoms with Gasteiger partial charge in [-0.25, -0.2) is 4.79 Å². The summed E-state index contributed by atoms with van der Waals surface area (Å²) in [6.45, 7) is 6.14. The molecule has 1 aromatic heterocycles. The van der Waals surface area contributed by atoms with Crippen LogP contribution in [0.1, 0.15) is 33.4 Å². The molecule has 2 N–H and O–H groups in total. The molecule has 2 heterocycles. The van der Waals surface area contributed by atoms with Crippen LogP contribution in [0.5, 0.6) is 0 Å². The van der Waals surface area contributed by atoms with Gasteiger partial charge in [0.2, 0.25) is 0 Å². The van der Waals surface area contributed by atoms with Gasteiger partial charge in [0.25, 0.3) is 0 Å². The number of rotatable bonds is 3. The Kier molecular flexibility index (Phi) is 3.64. The van der Waals surface area contributed by atoms with E-state index >= 15 is 0 Å². The fourth-order valence-corrected chi connectivity index (χ4v) is 2.78. The summed E-state index contributed by atoms with van der Waals surface area (Å²) in [7, 11) is 1.64. The van der Waals surface area contributed by atoms with Gasteiger partial charge in [-0.15, -0.1) is 0 Å². The summed E-state index contributed by atoms with van der Waals surface area (Å²) in [4.78, 5) is 15.7. The highest BCUT2D eigenvalue weighted by molar-refractivity contribution is 5.23. The second-order valence-corrected chi connectivity index (χ2v) is 5.07. The maximum absolute atomic E-state index is 11.9. The van der Waals surface area contributed by atoms with Crippen LogP contribution in [0.4, 0.5) is 5.82 Å². The highest BCUT2D eigenvalue weighted by Crippen LogP contribution is 2.47. The van der Waals surface area contributed by atoms with Gasteiger partial charge >= 0.3 is 5.69 Å². The SMILES string of the molecule is CC[C@@]1(OC)O[C@@H](n2ccc(N)nc2=O)[C@H](C)[C@@H]1C. The molecule has 0 amide bonds. The van der Waals surface area contributed by atoms with Crippen molar-refractivity contribution in [3.8, 4) is 0 Å². The number of nitrogen functional groups attached to an aromatic ring is 1. The van der Waals surface area contributed by atoms with E-state index in [1.807, 2.05) is 6.92 Å². The molecule has 2 rings (SSSR count). The molecule has 0 spiro atoms. The van der Waals surface area contributed by atoms with Crippen molar-refractivity contribution in [2.45, 2.75) is 39.2 Å². The van der Waals surface area contributed by atoms with Crippen LogP contribution in [0, 0.1) is 11.8 Å². The van der Waals surface area contributed by atoms with Crippen LogP contribution in [0.15, 0.2) is 17.1 Å². The highest BCUT2D eigenvalue weighted by Gasteiger charge is 2.51. The van der Waals surface area contributed by atoms with Crippen LogP contribution in [-0.2, 0) is 9.47 Å². The van der Waals surface area contributed by atoms with Gasteiger partial charge < -0.3 is 15.2 Å². The lowest BCUT2D eigenvalue weighted by molar-refractivity contribution is -0.241. The Hall–Kier alpha value is -1.40. The molecule has 1 aliphatic heterocycles. The largest absolute Gasteiger partial charge is 0.383 e. The number of methoxy groups -OCH3 is 1. The van der Waals surface area contributed by atoms with Gasteiger partial charge in [0.05, 0.1) is 0 Å². The number of anilines is 1. The molecule has 0 unspecified atom stereocenters. The first-order chi connectivity index (χ1) is 8.95. The van der Waals surface area contributed by atoms with Gasteiger partial charge in [0.1, 0.15) is 12.0 Å². The Morgan fingerprint density at radius 2 is 2.26 bits per heavy atom. The van der Waals surface area contributed by atoms with Crippen molar-refractivity contribution in [1.29, 1.82) is 0 Å². The van der Waals surface area contributed by atoms with Crippen molar-refractivity contribution in [3.05, 3.63) is 22.7 Å². The molecule has 0 aromatic carbocycles. The van der Waals surface area contributed by atoms with Crippen LogP contribution in [0.2, 0.25) is 0 Å². The Morgan fingerprint density at radius 3 is 2.74 bits per heavy atom. The molecular formula is C13H21N3O3. The lowest BCUT2D eigenvalue weighted by Crippen LogP contribution is -2.36. The molecule has 0 saturated carbocycles. The molecule has 6 heteroatoms. The van der Waals surface area contributed by atoms with Crippen molar-refractivity contribution < 1.29 is 9.47 Å². The molecule has 0 bridgehead atoms. The van der Waals surface area contributed by atoms with Crippen LogP contribution in [0.3, 0.4) is 0 Å². The molecule has 6 nitrogen and oxygen atoms in total. The monoisotopic (exact) mass is 267 g/mol. The van der Waals surface area contributed by atoms with E-state index in [9.17, 15) is 4.79 Å². The van der Waals surface area contributed by atoms with Crippen molar-refractivity contribution >= 4 is 5.82 Å². The summed E-state index contributed by atoms with van der Waals surface area (Å²) in [6.07, 6.45) is 1.97. The summed E-state index contributed by atoms with van der Waals surface area (Å²) in [5, 5.41) is 0. The topological polar surface area (TPSA) is 79.4 Å². The molecule has 19 heavy (non-hydrogen) atoms. The molecule has 1 aliphatic rings. The van der Waals surface area contributed by atoms with Crippen LogP contribution < -0.4 is 11.4 Å². The first-order valence-electron chi connectivity index (χ1n) is 6.52.